The summed E-state index contributed by atoms with van der Waals surface area (Å²) in [6, 6.07) is 2.07. The van der Waals surface area contributed by atoms with Crippen molar-refractivity contribution in [2.45, 2.75) is 38.0 Å². The number of hydrogen-bond acceptors (Lipinski definition) is 4. The van der Waals surface area contributed by atoms with Gasteiger partial charge in [0.2, 0.25) is 0 Å². The molecule has 2 N–H and O–H groups in total. The number of nitrogens with zero attached hydrogens (tertiary/aromatic N) is 2. The molecule has 1 spiro atoms. The zero-order valence-corrected chi connectivity index (χ0v) is 12.5. The average molecular weight is 329 g/mol. The molecule has 0 atom stereocenters. The maximum atomic E-state index is 12.8. The number of carbonyl (C=O) groups excluding carboxylic acids is 1. The van der Waals surface area contributed by atoms with Crippen molar-refractivity contribution < 1.29 is 22.7 Å². The summed E-state index contributed by atoms with van der Waals surface area (Å²) in [5.74, 6) is 0.360. The van der Waals surface area contributed by atoms with Gasteiger partial charge in [-0.25, -0.2) is 9.78 Å². The summed E-state index contributed by atoms with van der Waals surface area (Å²) in [5, 5.41) is 0. The molecule has 1 aliphatic heterocycles. The highest BCUT2D eigenvalue weighted by Crippen LogP contribution is 2.50. The maximum Gasteiger partial charge on any atom is 0.416 e. The van der Waals surface area contributed by atoms with Crippen LogP contribution in [0.4, 0.5) is 23.8 Å². The van der Waals surface area contributed by atoms with E-state index in [9.17, 15) is 18.0 Å². The number of carbonyl (C=O) groups is 1. The summed E-state index contributed by atoms with van der Waals surface area (Å²) >= 11 is 0. The smallest absolute Gasteiger partial charge is 0.416 e. The van der Waals surface area contributed by atoms with Gasteiger partial charge in [0.1, 0.15) is 11.9 Å². The van der Waals surface area contributed by atoms with E-state index < -0.39 is 17.8 Å². The Morgan fingerprint density at radius 2 is 2.00 bits per heavy atom. The van der Waals surface area contributed by atoms with Crippen molar-refractivity contribution >= 4 is 11.9 Å². The van der Waals surface area contributed by atoms with E-state index in [4.69, 9.17) is 10.5 Å². The van der Waals surface area contributed by atoms with Crippen LogP contribution in [-0.2, 0) is 10.9 Å². The average Bonchev–Trinajstić information content (AvgIpc) is 2.45. The van der Waals surface area contributed by atoms with Crippen LogP contribution >= 0.6 is 0 Å². The van der Waals surface area contributed by atoms with Gasteiger partial charge >= 0.3 is 12.3 Å². The van der Waals surface area contributed by atoms with Crippen LogP contribution < -0.4 is 10.6 Å². The number of rotatable bonds is 2. The molecule has 1 saturated heterocycles. The summed E-state index contributed by atoms with van der Waals surface area (Å²) < 4.78 is 43.3. The number of piperidine rings is 1. The number of aromatic nitrogens is 1. The van der Waals surface area contributed by atoms with E-state index in [1.165, 1.54) is 6.20 Å². The third kappa shape index (κ3) is 3.35. The molecule has 0 bridgehead atoms. The highest BCUT2D eigenvalue weighted by Gasteiger charge is 2.47. The zero-order chi connectivity index (χ0) is 16.7. The summed E-state index contributed by atoms with van der Waals surface area (Å²) in [6.45, 7) is 1.30. The van der Waals surface area contributed by atoms with Crippen LogP contribution in [0.1, 0.15) is 31.2 Å². The molecule has 0 aromatic carbocycles. The van der Waals surface area contributed by atoms with Gasteiger partial charge in [0.15, 0.2) is 0 Å². The maximum absolute atomic E-state index is 12.8. The van der Waals surface area contributed by atoms with Gasteiger partial charge in [0.05, 0.1) is 5.56 Å². The van der Waals surface area contributed by atoms with Gasteiger partial charge < -0.3 is 15.4 Å². The van der Waals surface area contributed by atoms with E-state index in [0.29, 0.717) is 18.9 Å². The molecule has 2 heterocycles. The van der Waals surface area contributed by atoms with Gasteiger partial charge in [0.25, 0.3) is 0 Å². The molecule has 0 radical (unpaired) electrons. The van der Waals surface area contributed by atoms with Crippen molar-refractivity contribution in [3.8, 4) is 0 Å². The number of alkyl halides is 3. The van der Waals surface area contributed by atoms with E-state index in [2.05, 4.69) is 4.98 Å². The number of anilines is 1. The number of nitrogens with two attached hydrogens (primary N) is 1. The first-order valence-corrected chi connectivity index (χ1v) is 7.52. The van der Waals surface area contributed by atoms with Crippen LogP contribution in [0.5, 0.6) is 0 Å². The van der Waals surface area contributed by atoms with Gasteiger partial charge in [-0.05, 0) is 43.2 Å². The normalized spacial score (nSPS) is 21.1. The summed E-state index contributed by atoms with van der Waals surface area (Å²) in [6.07, 6.45) is -0.779. The second-order valence-corrected chi connectivity index (χ2v) is 6.35. The molecule has 2 aliphatic rings. The number of halogens is 3. The number of pyridine rings is 1. The van der Waals surface area contributed by atoms with Crippen molar-refractivity contribution in [1.29, 1.82) is 0 Å². The molecule has 126 valence electrons. The lowest BCUT2D eigenvalue weighted by Crippen LogP contribution is -2.51. The van der Waals surface area contributed by atoms with E-state index in [-0.39, 0.29) is 11.5 Å². The van der Waals surface area contributed by atoms with Crippen molar-refractivity contribution in [2.24, 2.45) is 11.1 Å². The minimum Gasteiger partial charge on any atom is -0.446 e. The van der Waals surface area contributed by atoms with Crippen LogP contribution in [0, 0.1) is 5.41 Å². The molecular formula is C15H18F3N3O2. The highest BCUT2D eigenvalue weighted by atomic mass is 19.4. The van der Waals surface area contributed by atoms with Crippen molar-refractivity contribution in [3.63, 3.8) is 0 Å². The fourth-order valence-corrected chi connectivity index (χ4v) is 3.54. The van der Waals surface area contributed by atoms with Crippen molar-refractivity contribution in [1.82, 2.24) is 4.98 Å². The predicted molar refractivity (Wildman–Crippen MR) is 76.8 cm³/mol. The van der Waals surface area contributed by atoms with E-state index in [1.807, 2.05) is 4.90 Å². The molecule has 2 fully saturated rings. The molecule has 5 nitrogen and oxygen atoms in total. The molecule has 8 heteroatoms. The van der Waals surface area contributed by atoms with Gasteiger partial charge in [-0.2, -0.15) is 13.2 Å². The summed E-state index contributed by atoms with van der Waals surface area (Å²) in [4.78, 5) is 16.7. The van der Waals surface area contributed by atoms with Crippen LogP contribution in [0.25, 0.3) is 0 Å². The lowest BCUT2D eigenvalue weighted by molar-refractivity contribution is -0.137. The third-order valence-corrected chi connectivity index (χ3v) is 4.83. The van der Waals surface area contributed by atoms with E-state index >= 15 is 0 Å². The largest absolute Gasteiger partial charge is 0.446 e. The SMILES string of the molecule is NC(=O)OC1CC2(CCN(c3cc(C(F)(F)F)ccn3)CC2)C1. The molecule has 23 heavy (non-hydrogen) atoms. The van der Waals surface area contributed by atoms with Gasteiger partial charge in [0, 0.05) is 19.3 Å². The molecule has 1 saturated carbocycles. The van der Waals surface area contributed by atoms with Crippen LogP contribution in [0.15, 0.2) is 18.3 Å². The van der Waals surface area contributed by atoms with Crippen molar-refractivity contribution in [2.75, 3.05) is 18.0 Å². The fraction of sp³-hybridized carbons (Fsp3) is 0.600. The number of amides is 1. The second kappa shape index (κ2) is 5.58. The van der Waals surface area contributed by atoms with Gasteiger partial charge in [-0.1, -0.05) is 0 Å². The van der Waals surface area contributed by atoms with Gasteiger partial charge in [-0.15, -0.1) is 0 Å². The van der Waals surface area contributed by atoms with Crippen LogP contribution in [-0.4, -0.2) is 30.3 Å². The van der Waals surface area contributed by atoms with Crippen molar-refractivity contribution in [3.05, 3.63) is 23.9 Å². The van der Waals surface area contributed by atoms with E-state index in [0.717, 1.165) is 37.8 Å². The topological polar surface area (TPSA) is 68.5 Å². The number of primary amides is 1. The molecule has 3 rings (SSSR count). The number of hydrogen-bond donors (Lipinski definition) is 1. The van der Waals surface area contributed by atoms with Crippen LogP contribution in [0.3, 0.4) is 0 Å². The molecule has 1 aromatic rings. The Hall–Kier alpha value is -1.99. The third-order valence-electron chi connectivity index (χ3n) is 4.83. The standard InChI is InChI=1S/C15H18F3N3O2/c16-15(17,18)10-1-4-20-12(7-10)21-5-2-14(3-6-21)8-11(9-14)23-13(19)22/h1,4,7,11H,2-3,5-6,8-9H2,(H2,19,22). The molecule has 0 unspecified atom stereocenters. The fourth-order valence-electron chi connectivity index (χ4n) is 3.54. The zero-order valence-electron chi connectivity index (χ0n) is 12.5. The molecule has 1 amide bonds. The first-order valence-electron chi connectivity index (χ1n) is 7.52. The Morgan fingerprint density at radius 3 is 2.57 bits per heavy atom. The highest BCUT2D eigenvalue weighted by molar-refractivity contribution is 5.64. The van der Waals surface area contributed by atoms with Crippen LogP contribution in [0.2, 0.25) is 0 Å². The Balaban J connectivity index is 1.59. The number of ether oxygens (including phenoxy) is 1. The summed E-state index contributed by atoms with van der Waals surface area (Å²) in [5.41, 5.74) is 4.44. The Bertz CT molecular complexity index is 590. The minimum absolute atomic E-state index is 0.120. The lowest BCUT2D eigenvalue weighted by atomic mass is 9.61. The quantitative estimate of drug-likeness (QED) is 0.906. The second-order valence-electron chi connectivity index (χ2n) is 6.35. The molecule has 1 aromatic heterocycles. The first-order chi connectivity index (χ1) is 10.8. The Kier molecular flexibility index (Phi) is 3.85. The monoisotopic (exact) mass is 329 g/mol. The Labute approximate surface area is 131 Å². The summed E-state index contributed by atoms with van der Waals surface area (Å²) in [7, 11) is 0. The van der Waals surface area contributed by atoms with Gasteiger partial charge in [-0.3, -0.25) is 0 Å². The molecule has 1 aliphatic carbocycles. The minimum atomic E-state index is -4.36. The molecular weight excluding hydrogens is 311 g/mol. The van der Waals surface area contributed by atoms with E-state index in [1.54, 1.807) is 0 Å². The first kappa shape index (κ1) is 15.9. The Morgan fingerprint density at radius 1 is 1.35 bits per heavy atom. The lowest BCUT2D eigenvalue weighted by Gasteiger charge is -2.51. The predicted octanol–water partition coefficient (Wildman–Crippen LogP) is 2.94.